The van der Waals surface area contributed by atoms with E-state index in [0.717, 1.165) is 51.0 Å². The molecule has 53 heavy (non-hydrogen) atoms. The maximum Gasteiger partial charge on any atom is 0.235 e. The first-order valence-electron chi connectivity index (χ1n) is 18.2. The van der Waals surface area contributed by atoms with Crippen LogP contribution in [0.5, 0.6) is 0 Å². The van der Waals surface area contributed by atoms with Crippen LogP contribution in [0, 0.1) is 41.7 Å². The van der Waals surface area contributed by atoms with Gasteiger partial charge in [0.15, 0.2) is 6.21 Å². The van der Waals surface area contributed by atoms with Crippen LogP contribution in [0.1, 0.15) is 0 Å². The van der Waals surface area contributed by atoms with Gasteiger partial charge < -0.3 is 9.32 Å². The van der Waals surface area contributed by atoms with Gasteiger partial charge in [-0.25, -0.2) is 0 Å². The van der Waals surface area contributed by atoms with Crippen LogP contribution in [0.4, 0.5) is 22.7 Å². The molecule has 0 fully saturated rings. The molecule has 0 radical (unpaired) electrons. The van der Waals surface area contributed by atoms with Gasteiger partial charge in [0, 0.05) is 40.2 Å². The molecule has 8 aromatic carbocycles. The van der Waals surface area contributed by atoms with Crippen LogP contribution in [-0.4, -0.2) is 12.8 Å². The van der Waals surface area contributed by atoms with Crippen LogP contribution in [0.15, 0.2) is 186 Å². The fourth-order valence-electron chi connectivity index (χ4n) is 8.53. The Bertz CT molecular complexity index is 3370. The Hall–Kier alpha value is -6.97. The van der Waals surface area contributed by atoms with Crippen molar-refractivity contribution in [2.45, 2.75) is 0 Å². The number of hydrogen-bond donors (Lipinski definition) is 0. The van der Waals surface area contributed by atoms with Gasteiger partial charge in [-0.15, -0.1) is 0 Å². The summed E-state index contributed by atoms with van der Waals surface area (Å²) in [7, 11) is 0. The van der Waals surface area contributed by atoms with E-state index in [-0.39, 0.29) is 0 Å². The predicted molar refractivity (Wildman–Crippen MR) is 217 cm³/mol. The lowest BCUT2D eigenvalue weighted by Gasteiger charge is -2.27. The lowest BCUT2D eigenvalue weighted by molar-refractivity contribution is 0.670. The number of rotatable bonds is 3. The molecule has 2 heterocycles. The van der Waals surface area contributed by atoms with Crippen molar-refractivity contribution in [3.8, 4) is 11.1 Å². The third-order valence-corrected chi connectivity index (χ3v) is 11.0. The zero-order valence-electron chi connectivity index (χ0n) is 28.9. The molecule has 0 spiro atoms. The first-order valence-corrected chi connectivity index (χ1v) is 18.2. The summed E-state index contributed by atoms with van der Waals surface area (Å²) in [4.78, 5) is 2.43. The number of para-hydroxylation sites is 4. The highest BCUT2D eigenvalue weighted by atomic mass is 16.3. The van der Waals surface area contributed by atoms with E-state index in [4.69, 9.17) is 4.42 Å². The quantitative estimate of drug-likeness (QED) is 0.173. The molecule has 9 aromatic rings. The monoisotopic (exact) mass is 677 g/mol. The van der Waals surface area contributed by atoms with Gasteiger partial charge in [-0.05, 0) is 77.6 Å². The van der Waals surface area contributed by atoms with Crippen molar-refractivity contribution < 1.29 is 4.42 Å². The first-order chi connectivity index (χ1) is 26.3. The summed E-state index contributed by atoms with van der Waals surface area (Å²) in [5, 5.41) is 12.0. The molecule has 11 rings (SSSR count). The van der Waals surface area contributed by atoms with Gasteiger partial charge in [-0.3, -0.25) is 0 Å². The van der Waals surface area contributed by atoms with Crippen molar-refractivity contribution in [1.82, 2.24) is 4.58 Å². The molecule has 0 bridgehead atoms. The van der Waals surface area contributed by atoms with E-state index in [0.29, 0.717) is 0 Å². The Kier molecular flexibility index (Phi) is 6.62. The van der Waals surface area contributed by atoms with Gasteiger partial charge in [0.05, 0.1) is 0 Å². The van der Waals surface area contributed by atoms with Gasteiger partial charge in [0.25, 0.3) is 0 Å². The molecule has 0 atom stereocenters. The molecule has 3 nitrogen and oxygen atoms in total. The van der Waals surface area contributed by atoms with Crippen molar-refractivity contribution in [1.29, 1.82) is 0 Å². The van der Waals surface area contributed by atoms with E-state index in [1.165, 1.54) is 53.1 Å². The summed E-state index contributed by atoms with van der Waals surface area (Å²) in [6.07, 6.45) is 2.30. The second-order valence-electron chi connectivity index (χ2n) is 13.9. The molecular formula is C50H33N2O+. The highest BCUT2D eigenvalue weighted by Gasteiger charge is 2.28. The lowest BCUT2D eigenvalue weighted by Crippen LogP contribution is -2.29. The molecule has 0 unspecified atom stereocenters. The maximum absolute atomic E-state index is 6.53. The number of nitrogens with zero attached hydrogens (tertiary/aromatic N) is 2. The van der Waals surface area contributed by atoms with Crippen molar-refractivity contribution in [3.05, 3.63) is 224 Å². The normalized spacial score (nSPS) is 12.9. The number of furan rings is 1. The molecule has 3 heteroatoms. The molecule has 0 saturated heterocycles. The average Bonchev–Trinajstić information content (AvgIpc) is 3.62. The summed E-state index contributed by atoms with van der Waals surface area (Å²) in [5.74, 6) is 0. The van der Waals surface area contributed by atoms with Gasteiger partial charge in [-0.2, -0.15) is 4.58 Å². The molecule has 1 aliphatic carbocycles. The number of anilines is 2. The third kappa shape index (κ3) is 4.64. The molecule has 1 aromatic heterocycles. The molecular weight excluding hydrogens is 645 g/mol. The van der Waals surface area contributed by atoms with Crippen LogP contribution in [0.2, 0.25) is 0 Å². The van der Waals surface area contributed by atoms with E-state index < -0.39 is 0 Å². The molecule has 2 aliphatic rings. The Morgan fingerprint density at radius 1 is 0.453 bits per heavy atom. The first kappa shape index (κ1) is 29.7. The predicted octanol–water partition coefficient (Wildman–Crippen LogP) is 11.8. The van der Waals surface area contributed by atoms with Crippen molar-refractivity contribution in [2.75, 3.05) is 11.4 Å². The van der Waals surface area contributed by atoms with Crippen LogP contribution in [-0.2, 0) is 0 Å². The minimum Gasteiger partial charge on any atom is -0.455 e. The van der Waals surface area contributed by atoms with E-state index in [9.17, 15) is 0 Å². The summed E-state index contributed by atoms with van der Waals surface area (Å²) in [6, 6.07) is 65.9. The summed E-state index contributed by atoms with van der Waals surface area (Å²) >= 11 is 0. The highest BCUT2D eigenvalue weighted by molar-refractivity contribution is 6.09. The van der Waals surface area contributed by atoms with Gasteiger partial charge in [0.1, 0.15) is 23.4 Å². The minimum atomic E-state index is 0.752. The van der Waals surface area contributed by atoms with Gasteiger partial charge in [-0.1, -0.05) is 133 Å². The Morgan fingerprint density at radius 3 is 1.79 bits per heavy atom. The standard InChI is InChI=1S/C50H33N2O/c1-3-14-34(15-4-1)51-28-29-52(35-16-5-2-6-17-35)48-32-46-40-21-10-9-20-39(40)44-30-33(36-23-13-24-43-42-22-11-12-25-49(42)53-50(36)43)26-27-41(44)37-18-7-8-19-38(37)45(46)31-47(48)51/h1-28,30-32H,29H2/q+1. The highest BCUT2D eigenvalue weighted by Crippen LogP contribution is 2.39. The zero-order chi connectivity index (χ0) is 34.9. The topological polar surface area (TPSA) is 19.4 Å². The summed E-state index contributed by atoms with van der Waals surface area (Å²) in [5.41, 5.74) is 8.73. The zero-order valence-corrected chi connectivity index (χ0v) is 28.9. The van der Waals surface area contributed by atoms with Gasteiger partial charge in [0.2, 0.25) is 11.4 Å². The Morgan fingerprint density at radius 2 is 1.04 bits per heavy atom. The second kappa shape index (κ2) is 11.8. The van der Waals surface area contributed by atoms with E-state index in [1.54, 1.807) is 0 Å². The second-order valence-corrected chi connectivity index (χ2v) is 13.9. The number of hydrogen-bond acceptors (Lipinski definition) is 2. The van der Waals surface area contributed by atoms with Crippen LogP contribution >= 0.6 is 0 Å². The summed E-state index contributed by atoms with van der Waals surface area (Å²) < 4.78 is 8.89. The maximum atomic E-state index is 6.53. The lowest BCUT2D eigenvalue weighted by atomic mass is 9.97. The van der Waals surface area contributed by atoms with Crippen LogP contribution in [0.3, 0.4) is 0 Å². The van der Waals surface area contributed by atoms with E-state index in [2.05, 4.69) is 192 Å². The van der Waals surface area contributed by atoms with Crippen molar-refractivity contribution in [2.24, 2.45) is 0 Å². The van der Waals surface area contributed by atoms with Crippen LogP contribution in [0.25, 0.3) is 33.1 Å². The van der Waals surface area contributed by atoms with Crippen molar-refractivity contribution in [3.63, 3.8) is 0 Å². The fraction of sp³-hybridized carbons (Fsp3) is 0.0200. The Balaban J connectivity index is 1.31. The number of benzene rings is 8. The van der Waals surface area contributed by atoms with Crippen LogP contribution < -0.4 is 9.48 Å². The van der Waals surface area contributed by atoms with Crippen molar-refractivity contribution >= 4 is 50.9 Å². The smallest absolute Gasteiger partial charge is 0.235 e. The average molecular weight is 678 g/mol. The molecule has 0 amide bonds. The third-order valence-electron chi connectivity index (χ3n) is 11.0. The van der Waals surface area contributed by atoms with E-state index >= 15 is 0 Å². The molecule has 0 saturated carbocycles. The molecule has 248 valence electrons. The Labute approximate surface area is 305 Å². The molecule has 1 aliphatic heterocycles. The minimum absolute atomic E-state index is 0.752. The SMILES string of the molecule is C1=[N+](c2ccccc2)c2cc3c(cc2N(c2ccccc2)C1)=c1ccccc1=c1cc(-c2cccc4c2oc2ccccc24)ccc1=c1ccccc1=3. The number of fused-ring (bicyclic) bond motifs is 8. The largest absolute Gasteiger partial charge is 0.455 e. The van der Waals surface area contributed by atoms with E-state index in [1.807, 2.05) is 6.07 Å². The van der Waals surface area contributed by atoms with Gasteiger partial charge >= 0.3 is 0 Å². The summed E-state index contributed by atoms with van der Waals surface area (Å²) in [6.45, 7) is 0.752. The molecule has 0 N–H and O–H groups in total. The fourth-order valence-corrected chi connectivity index (χ4v) is 8.53.